The molecule has 0 saturated heterocycles. The first-order chi connectivity index (χ1) is 69.7. The van der Waals surface area contributed by atoms with E-state index in [9.17, 15) is 0 Å². The second kappa shape index (κ2) is 88.7. The Balaban J connectivity index is 0.000000835. The highest BCUT2D eigenvalue weighted by Crippen LogP contribution is 2.22. The third-order valence-corrected chi connectivity index (χ3v) is 26.7. The molecule has 24 nitrogen and oxygen atoms in total. The quantitative estimate of drug-likeness (QED) is 0.0322. The van der Waals surface area contributed by atoms with Crippen molar-refractivity contribution in [2.45, 2.75) is 595 Å². The number of hydrogen-bond acceptors (Lipinski definition) is 16. The van der Waals surface area contributed by atoms with Crippen LogP contribution in [0, 0.1) is 94.7 Å². The summed E-state index contributed by atoms with van der Waals surface area (Å²) in [6.45, 7) is 80.9. The van der Waals surface area contributed by atoms with Crippen molar-refractivity contribution in [2.24, 2.45) is 94.7 Å². The Kier molecular flexibility index (Phi) is 83.3. The summed E-state index contributed by atoms with van der Waals surface area (Å²) in [4.78, 5) is 0. The molecule has 0 amide bonds. The fourth-order valence-electron chi connectivity index (χ4n) is 17.2. The summed E-state index contributed by atoms with van der Waals surface area (Å²) in [5.41, 5.74) is 10.0. The van der Waals surface area contributed by atoms with E-state index in [1.54, 1.807) is 0 Å². The van der Waals surface area contributed by atoms with Gasteiger partial charge in [-0.15, -0.1) is 40.8 Å². The van der Waals surface area contributed by atoms with Gasteiger partial charge in [0, 0.05) is 70.9 Å². The van der Waals surface area contributed by atoms with E-state index in [1.165, 1.54) is 298 Å². The van der Waals surface area contributed by atoms with Gasteiger partial charge in [0.1, 0.15) is 0 Å². The molecule has 0 bridgehead atoms. The zero-order valence-electron chi connectivity index (χ0n) is 102. The third-order valence-electron chi connectivity index (χ3n) is 26.7. The van der Waals surface area contributed by atoms with Gasteiger partial charge in [0.2, 0.25) is 0 Å². The van der Waals surface area contributed by atoms with Crippen molar-refractivity contribution in [1.29, 1.82) is 0 Å². The molecule has 8 heterocycles. The summed E-state index contributed by atoms with van der Waals surface area (Å²) in [5.74, 6) is 12.6. The Hall–Kier alpha value is -6.88. The molecule has 0 saturated carbocycles. The monoisotopic (exact) mass is 2040 g/mol. The highest BCUT2D eigenvalue weighted by Gasteiger charge is 2.15. The van der Waals surface area contributed by atoms with Crippen molar-refractivity contribution in [3.05, 3.63) is 95.1 Å². The molecule has 0 fully saturated rings. The van der Waals surface area contributed by atoms with Gasteiger partial charge in [-0.1, -0.05) is 417 Å². The first kappa shape index (κ1) is 137. The second-order valence-corrected chi connectivity index (χ2v) is 49.8. The van der Waals surface area contributed by atoms with E-state index < -0.39 is 0 Å². The number of unbranched alkanes of at least 4 members (excludes halogenated alkanes) is 15. The Morgan fingerprint density at radius 2 is 0.349 bits per heavy atom. The van der Waals surface area contributed by atoms with E-state index in [2.05, 4.69) is 346 Å². The molecule has 8 aromatic heterocycles. The maximum Gasteiger partial charge on any atom is 0.0827 e. The molecule has 0 radical (unpaired) electrons. The largest absolute Gasteiger partial charge is 0.252 e. The summed E-state index contributed by atoms with van der Waals surface area (Å²) in [6.07, 6.45) is 79.3. The minimum Gasteiger partial charge on any atom is -0.252 e. The fraction of sp³-hybridized carbons (Fsp3) is 0.869. The van der Waals surface area contributed by atoms with E-state index in [1.807, 2.05) is 45.0 Å². The standard InChI is InChI=1S/5C16H31N3.3C14H27N3/c1-14(2)9-6-5-7-12-19-16(13-17-18-19)11-8-10-15(3)4;2*1-14(2)9-6-5-7-11-16-13-17-18-19(16)12-8-10-15(3)4;2*1-14(2)9-7-5-6-8-10-16-13-17-18-19(16)12-11-15(3)4;1-12(2)7-5-9-14-11-17(16-15-14)10-6-8-13(3)4;1-12(2)7-5-6-8-14-11-17(16-15-14)10-9-13(3)4;1-12(2)8-6-5-7-9-14-11-17(16-15-14)10-13(3)4/h5*13-15H,5-12H2,1-4H3;3*11-13H,5-10H2,1-4H3. The molecule has 0 aliphatic rings. The van der Waals surface area contributed by atoms with Crippen molar-refractivity contribution in [2.75, 3.05) is 0 Å². The minimum absolute atomic E-state index is 0.635. The molecule has 24 heteroatoms. The minimum atomic E-state index is 0.635. The third kappa shape index (κ3) is 81.9. The first-order valence-electron chi connectivity index (χ1n) is 60.7. The van der Waals surface area contributed by atoms with Crippen LogP contribution in [0.15, 0.2) is 49.6 Å². The molecule has 0 atom stereocenters. The van der Waals surface area contributed by atoms with E-state index in [0.29, 0.717) is 5.92 Å². The van der Waals surface area contributed by atoms with Gasteiger partial charge in [0.05, 0.1) is 76.5 Å². The number of nitrogens with zero attached hydrogens (tertiary/aromatic N) is 24. The van der Waals surface area contributed by atoms with Crippen LogP contribution in [-0.4, -0.2) is 120 Å². The summed E-state index contributed by atoms with van der Waals surface area (Å²) in [5, 5.41) is 66.5. The molecule has 8 rings (SSSR count). The van der Waals surface area contributed by atoms with Crippen molar-refractivity contribution >= 4 is 0 Å². The molecule has 0 aliphatic heterocycles. The Labute approximate surface area is 899 Å². The fourth-order valence-corrected chi connectivity index (χ4v) is 17.2. The Morgan fingerprint density at radius 1 is 0.158 bits per heavy atom. The molecular formula is C122H236N24. The average molecular weight is 2040 g/mol. The molecule has 0 aliphatic carbocycles. The highest BCUT2D eigenvalue weighted by molar-refractivity contribution is 4.99. The lowest BCUT2D eigenvalue weighted by Gasteiger charge is -2.08. The zero-order valence-corrected chi connectivity index (χ0v) is 102. The van der Waals surface area contributed by atoms with Gasteiger partial charge in [-0.25, -0.2) is 23.4 Å². The second-order valence-electron chi connectivity index (χ2n) is 49.8. The number of rotatable bonds is 74. The van der Waals surface area contributed by atoms with E-state index in [-0.39, 0.29) is 0 Å². The first-order valence-corrected chi connectivity index (χ1v) is 60.7. The van der Waals surface area contributed by atoms with Gasteiger partial charge in [0.25, 0.3) is 0 Å². The summed E-state index contributed by atoms with van der Waals surface area (Å²) in [7, 11) is 0. The van der Waals surface area contributed by atoms with Gasteiger partial charge in [-0.05, 0) is 262 Å². The predicted octanol–water partition coefficient (Wildman–Crippen LogP) is 33.4. The Bertz CT molecular complexity index is 3850. The van der Waals surface area contributed by atoms with Crippen LogP contribution in [0.4, 0.5) is 0 Å². The van der Waals surface area contributed by atoms with Crippen LogP contribution in [0.2, 0.25) is 0 Å². The summed E-state index contributed by atoms with van der Waals surface area (Å²) in [6, 6.07) is 0. The van der Waals surface area contributed by atoms with Crippen molar-refractivity contribution in [3.8, 4) is 0 Å². The van der Waals surface area contributed by atoms with Crippen molar-refractivity contribution < 1.29 is 0 Å². The molecule has 0 spiro atoms. The smallest absolute Gasteiger partial charge is 0.0827 e. The van der Waals surface area contributed by atoms with E-state index >= 15 is 0 Å². The SMILES string of the molecule is CC(C)CCCCCCc1cnnn1CCC(C)C.CC(C)CCCCCCc1cnnn1CCC(C)C.CC(C)CCCCCc1cn(CC(C)C)nn1.CC(C)CCCCCc1cnnn1CCCC(C)C.CC(C)CCCCCc1cnnn1CCCC(C)C.CC(C)CCCCCn1nncc1CCCC(C)C.CC(C)CCCCc1cn(CCC(C)C)nn1.CC(C)CCCc1cn(CCCC(C)C)nn1. The molecule has 0 unspecified atom stereocenters. The van der Waals surface area contributed by atoms with Crippen LogP contribution in [0.1, 0.15) is 537 Å². The lowest BCUT2D eigenvalue weighted by atomic mass is 10.0. The summed E-state index contributed by atoms with van der Waals surface area (Å²) >= 11 is 0. The van der Waals surface area contributed by atoms with Crippen LogP contribution in [0.5, 0.6) is 0 Å². The highest BCUT2D eigenvalue weighted by atomic mass is 15.5. The van der Waals surface area contributed by atoms with Gasteiger partial charge in [0.15, 0.2) is 0 Å². The van der Waals surface area contributed by atoms with Crippen LogP contribution >= 0.6 is 0 Å². The maximum atomic E-state index is 4.22. The maximum absolute atomic E-state index is 4.22. The van der Waals surface area contributed by atoms with Gasteiger partial charge >= 0.3 is 0 Å². The number of hydrogen-bond donors (Lipinski definition) is 0. The normalized spacial score (nSPS) is 11.7. The van der Waals surface area contributed by atoms with Gasteiger partial charge in [-0.3, -0.25) is 14.0 Å². The van der Waals surface area contributed by atoms with Gasteiger partial charge in [-0.2, -0.15) is 0 Å². The molecule has 0 N–H and O–H groups in total. The molecule has 8 aromatic rings. The lowest BCUT2D eigenvalue weighted by molar-refractivity contribution is 0.462. The predicted molar refractivity (Wildman–Crippen MR) is 621 cm³/mol. The molecule has 146 heavy (non-hydrogen) atoms. The van der Waals surface area contributed by atoms with Crippen molar-refractivity contribution in [3.63, 3.8) is 0 Å². The van der Waals surface area contributed by atoms with Crippen LogP contribution in [0.3, 0.4) is 0 Å². The van der Waals surface area contributed by atoms with Crippen molar-refractivity contribution in [1.82, 2.24) is 120 Å². The van der Waals surface area contributed by atoms with Crippen LogP contribution in [0.25, 0.3) is 0 Å². The lowest BCUT2D eigenvalue weighted by Crippen LogP contribution is -2.07. The van der Waals surface area contributed by atoms with E-state index in [0.717, 1.165) is 210 Å². The molecule has 844 valence electrons. The zero-order chi connectivity index (χ0) is 108. The molecular weight excluding hydrogens is 1800 g/mol. The van der Waals surface area contributed by atoms with Crippen LogP contribution in [-0.2, 0) is 104 Å². The van der Waals surface area contributed by atoms with E-state index in [4.69, 9.17) is 0 Å². The molecule has 0 aromatic carbocycles. The topological polar surface area (TPSA) is 246 Å². The number of aromatic nitrogens is 24. The van der Waals surface area contributed by atoms with Crippen LogP contribution < -0.4 is 0 Å². The Morgan fingerprint density at radius 3 is 0.651 bits per heavy atom. The summed E-state index contributed by atoms with van der Waals surface area (Å²) < 4.78 is 16.4. The number of aryl methyl sites for hydroxylation is 15. The average Bonchev–Trinajstić information content (AvgIpc) is 1.76. The van der Waals surface area contributed by atoms with Gasteiger partial charge < -0.3 is 0 Å².